The molecule has 2 aliphatic rings. The Morgan fingerprint density at radius 3 is 2.76 bits per heavy atom. The molecule has 3 aromatic rings. The molecule has 1 unspecified atom stereocenters. The fourth-order valence-corrected chi connectivity index (χ4v) is 5.65. The van der Waals surface area contributed by atoms with Crippen LogP contribution in [0.15, 0.2) is 36.5 Å². The van der Waals surface area contributed by atoms with E-state index in [0.717, 1.165) is 46.6 Å². The number of hydrogen-bond donors (Lipinski definition) is 1. The third-order valence-electron chi connectivity index (χ3n) is 7.13. The van der Waals surface area contributed by atoms with Crippen LogP contribution in [0.4, 0.5) is 4.79 Å². The van der Waals surface area contributed by atoms with Crippen LogP contribution in [-0.4, -0.2) is 62.6 Å². The Labute approximate surface area is 203 Å². The number of piperazine rings is 1. The van der Waals surface area contributed by atoms with Crippen LogP contribution >= 0.6 is 11.6 Å². The second-order valence-corrected chi connectivity index (χ2v) is 9.68. The van der Waals surface area contributed by atoms with Gasteiger partial charge in [-0.1, -0.05) is 23.7 Å². The Bertz CT molecular complexity index is 1290. The van der Waals surface area contributed by atoms with Crippen LogP contribution in [0, 0.1) is 6.92 Å². The fourth-order valence-electron chi connectivity index (χ4n) is 5.29. The number of fused-ring (bicyclic) bond motifs is 2. The maximum atomic E-state index is 13.2. The number of amides is 2. The number of benzene rings is 1. The molecule has 34 heavy (non-hydrogen) atoms. The van der Waals surface area contributed by atoms with Crippen molar-refractivity contribution in [1.82, 2.24) is 19.8 Å². The molecule has 0 bridgehead atoms. The quantitative estimate of drug-likeness (QED) is 0.577. The lowest BCUT2D eigenvalue weighted by molar-refractivity contribution is 0.0507. The topological polar surface area (TPSA) is 86.6 Å². The molecule has 5 rings (SSSR count). The van der Waals surface area contributed by atoms with Crippen LogP contribution in [0.5, 0.6) is 0 Å². The zero-order valence-electron chi connectivity index (χ0n) is 19.3. The maximum absolute atomic E-state index is 13.2. The molecule has 1 fully saturated rings. The first kappa shape index (κ1) is 22.6. The summed E-state index contributed by atoms with van der Waals surface area (Å²) >= 11 is 6.82. The van der Waals surface area contributed by atoms with Gasteiger partial charge in [-0.05, 0) is 62.4 Å². The Balaban J connectivity index is 1.43. The first-order chi connectivity index (χ1) is 16.3. The molecule has 2 atom stereocenters. The summed E-state index contributed by atoms with van der Waals surface area (Å²) in [7, 11) is 0. The van der Waals surface area contributed by atoms with Gasteiger partial charge in [-0.3, -0.25) is 14.8 Å². The van der Waals surface area contributed by atoms with Crippen molar-refractivity contribution in [2.24, 2.45) is 0 Å². The highest BCUT2D eigenvalue weighted by Crippen LogP contribution is 2.38. The van der Waals surface area contributed by atoms with Gasteiger partial charge in [0.05, 0.1) is 10.5 Å². The van der Waals surface area contributed by atoms with Crippen molar-refractivity contribution in [2.75, 3.05) is 19.6 Å². The van der Waals surface area contributed by atoms with Gasteiger partial charge in [0.25, 0.3) is 5.91 Å². The Morgan fingerprint density at radius 2 is 2.03 bits per heavy atom. The Morgan fingerprint density at radius 1 is 1.21 bits per heavy atom. The van der Waals surface area contributed by atoms with Crippen molar-refractivity contribution in [3.8, 4) is 0 Å². The van der Waals surface area contributed by atoms with E-state index in [4.69, 9.17) is 16.6 Å². The number of carbonyl (C=O) groups is 2. The average Bonchev–Trinajstić information content (AvgIpc) is 2.83. The van der Waals surface area contributed by atoms with Gasteiger partial charge in [0.15, 0.2) is 0 Å². The molecule has 1 N–H and O–H groups in total. The van der Waals surface area contributed by atoms with Gasteiger partial charge in [0, 0.05) is 60.1 Å². The lowest BCUT2D eigenvalue weighted by Crippen LogP contribution is -2.55. The van der Waals surface area contributed by atoms with E-state index in [1.165, 1.54) is 10.5 Å². The number of rotatable bonds is 2. The van der Waals surface area contributed by atoms with Gasteiger partial charge in [-0.2, -0.15) is 0 Å². The highest BCUT2D eigenvalue weighted by Gasteiger charge is 2.31. The number of halogens is 1. The first-order valence-corrected chi connectivity index (χ1v) is 12.0. The summed E-state index contributed by atoms with van der Waals surface area (Å²) in [6, 6.07) is 9.29. The minimum Gasteiger partial charge on any atom is -0.465 e. The van der Waals surface area contributed by atoms with Crippen molar-refractivity contribution >= 4 is 34.5 Å². The number of aromatic nitrogens is 2. The zero-order valence-corrected chi connectivity index (χ0v) is 20.0. The number of carbonyl (C=O) groups excluding carboxylic acids is 1. The number of hydrogen-bond acceptors (Lipinski definition) is 4. The molecule has 1 aliphatic heterocycles. The number of nitrogens with zero attached hydrogens (tertiary/aromatic N) is 4. The van der Waals surface area contributed by atoms with E-state index in [2.05, 4.69) is 18.0 Å². The summed E-state index contributed by atoms with van der Waals surface area (Å²) in [6.07, 6.45) is 3.50. The third kappa shape index (κ3) is 3.98. The predicted molar refractivity (Wildman–Crippen MR) is 131 cm³/mol. The minimum absolute atomic E-state index is 0.114. The molecular weight excluding hydrogens is 452 g/mol. The van der Waals surface area contributed by atoms with Gasteiger partial charge >= 0.3 is 6.09 Å². The summed E-state index contributed by atoms with van der Waals surface area (Å²) in [5.74, 6) is 0.183. The second-order valence-electron chi connectivity index (χ2n) is 9.30. The van der Waals surface area contributed by atoms with Crippen molar-refractivity contribution in [3.05, 3.63) is 69.6 Å². The van der Waals surface area contributed by atoms with E-state index >= 15 is 0 Å². The highest BCUT2D eigenvalue weighted by molar-refractivity contribution is 6.36. The SMILES string of the molecule is Cc1cccnc1C1CCc2c(nc3cc(C(=O)N4CCN(C(=O)O)[C@H](C)C4)ccc3c2Cl)C1. The number of pyridine rings is 2. The van der Waals surface area contributed by atoms with Crippen LogP contribution < -0.4 is 0 Å². The first-order valence-electron chi connectivity index (χ1n) is 11.6. The summed E-state index contributed by atoms with van der Waals surface area (Å²) in [5, 5.41) is 10.9. The number of aryl methyl sites for hydroxylation is 1. The third-order valence-corrected chi connectivity index (χ3v) is 7.56. The lowest BCUT2D eigenvalue weighted by atomic mass is 9.83. The molecule has 1 aliphatic carbocycles. The van der Waals surface area contributed by atoms with E-state index < -0.39 is 6.09 Å². The maximum Gasteiger partial charge on any atom is 0.407 e. The Kier molecular flexibility index (Phi) is 5.90. The van der Waals surface area contributed by atoms with E-state index in [9.17, 15) is 14.7 Å². The van der Waals surface area contributed by atoms with E-state index in [0.29, 0.717) is 36.6 Å². The number of carboxylic acid groups (broad SMARTS) is 1. The average molecular weight is 479 g/mol. The van der Waals surface area contributed by atoms with E-state index in [-0.39, 0.29) is 11.9 Å². The summed E-state index contributed by atoms with van der Waals surface area (Å²) in [4.78, 5) is 37.2. The normalized spacial score (nSPS) is 20.3. The zero-order chi connectivity index (χ0) is 24.0. The smallest absolute Gasteiger partial charge is 0.407 e. The molecular formula is C26H27ClN4O3. The van der Waals surface area contributed by atoms with E-state index in [1.54, 1.807) is 11.0 Å². The summed E-state index contributed by atoms with van der Waals surface area (Å²) < 4.78 is 0. The van der Waals surface area contributed by atoms with Crippen LogP contribution in [-0.2, 0) is 12.8 Å². The molecule has 2 aromatic heterocycles. The predicted octanol–water partition coefficient (Wildman–Crippen LogP) is 4.69. The van der Waals surface area contributed by atoms with Crippen molar-refractivity contribution in [1.29, 1.82) is 0 Å². The van der Waals surface area contributed by atoms with E-state index in [1.807, 2.05) is 31.3 Å². The van der Waals surface area contributed by atoms with Gasteiger partial charge in [-0.15, -0.1) is 0 Å². The molecule has 1 saturated heterocycles. The molecule has 176 valence electrons. The fraction of sp³-hybridized carbons (Fsp3) is 0.385. The molecule has 0 saturated carbocycles. The van der Waals surface area contributed by atoms with Crippen LogP contribution in [0.1, 0.15) is 52.1 Å². The summed E-state index contributed by atoms with van der Waals surface area (Å²) in [6.45, 7) is 4.96. The highest BCUT2D eigenvalue weighted by atomic mass is 35.5. The van der Waals surface area contributed by atoms with Crippen LogP contribution in [0.2, 0.25) is 5.02 Å². The largest absolute Gasteiger partial charge is 0.465 e. The molecule has 8 heteroatoms. The second kappa shape index (κ2) is 8.87. The Hall–Kier alpha value is -3.19. The molecule has 0 radical (unpaired) electrons. The molecule has 0 spiro atoms. The molecule has 2 amide bonds. The lowest BCUT2D eigenvalue weighted by Gasteiger charge is -2.38. The molecule has 7 nitrogen and oxygen atoms in total. The standard InChI is InChI=1S/C26H27ClN4O3/c1-15-4-3-9-28-24(15)17-5-7-19-21(12-17)29-22-13-18(6-8-20(22)23(19)27)25(32)30-10-11-31(26(33)34)16(2)14-30/h3-4,6,8-9,13,16-17H,5,7,10-12,14H2,1-2H3,(H,33,34)/t16-,17?/m1/s1. The van der Waals surface area contributed by atoms with Gasteiger partial charge in [0.2, 0.25) is 0 Å². The monoisotopic (exact) mass is 478 g/mol. The van der Waals surface area contributed by atoms with Crippen LogP contribution in [0.3, 0.4) is 0 Å². The molecule has 3 heterocycles. The summed E-state index contributed by atoms with van der Waals surface area (Å²) in [5.41, 5.74) is 5.63. The van der Waals surface area contributed by atoms with Gasteiger partial charge in [0.1, 0.15) is 0 Å². The van der Waals surface area contributed by atoms with Gasteiger partial charge in [-0.25, -0.2) is 4.79 Å². The van der Waals surface area contributed by atoms with Gasteiger partial charge < -0.3 is 14.9 Å². The van der Waals surface area contributed by atoms with Crippen molar-refractivity contribution < 1.29 is 14.7 Å². The van der Waals surface area contributed by atoms with Crippen molar-refractivity contribution in [3.63, 3.8) is 0 Å². The minimum atomic E-state index is -0.951. The van der Waals surface area contributed by atoms with Crippen molar-refractivity contribution in [2.45, 2.75) is 45.1 Å². The molecule has 1 aromatic carbocycles. The van der Waals surface area contributed by atoms with Crippen LogP contribution in [0.25, 0.3) is 10.9 Å².